The van der Waals surface area contributed by atoms with Gasteiger partial charge in [0, 0.05) is 11.6 Å². The van der Waals surface area contributed by atoms with Crippen LogP contribution in [0.25, 0.3) is 0 Å². The van der Waals surface area contributed by atoms with Gasteiger partial charge in [0.05, 0.1) is 6.61 Å². The molecule has 0 atom stereocenters. The number of hydrogen-bond acceptors (Lipinski definition) is 2. The van der Waals surface area contributed by atoms with Crippen LogP contribution in [0, 0.1) is 17.7 Å². The number of hydrogen-bond donors (Lipinski definition) is 1. The summed E-state index contributed by atoms with van der Waals surface area (Å²) in [4.78, 5) is 0. The first-order valence-corrected chi connectivity index (χ1v) is 5.79. The van der Waals surface area contributed by atoms with Crippen LogP contribution in [-0.4, -0.2) is 18.3 Å². The van der Waals surface area contributed by atoms with Gasteiger partial charge in [-0.2, -0.15) is 0 Å². The second kappa shape index (κ2) is 7.70. The van der Waals surface area contributed by atoms with Gasteiger partial charge >= 0.3 is 0 Å². The minimum absolute atomic E-state index is 0.233. The van der Waals surface area contributed by atoms with Crippen molar-refractivity contribution in [2.24, 2.45) is 0 Å². The van der Waals surface area contributed by atoms with Crippen molar-refractivity contribution in [3.05, 3.63) is 29.6 Å². The van der Waals surface area contributed by atoms with Crippen LogP contribution in [0.3, 0.4) is 0 Å². The van der Waals surface area contributed by atoms with E-state index in [1.54, 1.807) is 6.07 Å². The average Bonchev–Trinajstić information content (AvgIpc) is 2.31. The summed E-state index contributed by atoms with van der Waals surface area (Å²) in [6, 6.07) is 4.34. The van der Waals surface area contributed by atoms with Crippen molar-refractivity contribution in [1.82, 2.24) is 0 Å². The van der Waals surface area contributed by atoms with E-state index < -0.39 is 0 Å². The standard InChI is InChI=1S/C14H17FO2/c1-2-3-4-8-17-14-10-12(6-5-7-16)9-13(15)11-14/h9-11,16H,2-4,7-8H2,1H3. The molecule has 17 heavy (non-hydrogen) atoms. The van der Waals surface area contributed by atoms with Crippen molar-refractivity contribution < 1.29 is 14.2 Å². The van der Waals surface area contributed by atoms with Crippen LogP contribution < -0.4 is 4.74 Å². The van der Waals surface area contributed by atoms with E-state index in [9.17, 15) is 4.39 Å². The van der Waals surface area contributed by atoms with Gasteiger partial charge in [-0.25, -0.2) is 4.39 Å². The second-order valence-electron chi connectivity index (χ2n) is 3.69. The van der Waals surface area contributed by atoms with E-state index in [0.29, 0.717) is 17.9 Å². The maximum Gasteiger partial charge on any atom is 0.128 e. The molecule has 3 heteroatoms. The fourth-order valence-corrected chi connectivity index (χ4v) is 1.40. The predicted octanol–water partition coefficient (Wildman–Crippen LogP) is 2.74. The molecule has 0 aliphatic carbocycles. The summed E-state index contributed by atoms with van der Waals surface area (Å²) in [5.74, 6) is 5.25. The van der Waals surface area contributed by atoms with E-state index in [4.69, 9.17) is 9.84 Å². The zero-order valence-corrected chi connectivity index (χ0v) is 10.0. The van der Waals surface area contributed by atoms with Gasteiger partial charge < -0.3 is 9.84 Å². The fraction of sp³-hybridized carbons (Fsp3) is 0.429. The van der Waals surface area contributed by atoms with E-state index in [2.05, 4.69) is 18.8 Å². The Labute approximate surface area is 101 Å². The SMILES string of the molecule is CCCCCOc1cc(F)cc(C#CCO)c1. The van der Waals surface area contributed by atoms with Crippen molar-refractivity contribution >= 4 is 0 Å². The third kappa shape index (κ3) is 5.37. The lowest BCUT2D eigenvalue weighted by atomic mass is 10.2. The Morgan fingerprint density at radius 1 is 1.29 bits per heavy atom. The van der Waals surface area contributed by atoms with Crippen LogP contribution in [0.1, 0.15) is 31.7 Å². The minimum atomic E-state index is -0.375. The van der Waals surface area contributed by atoms with Gasteiger partial charge in [0.25, 0.3) is 0 Å². The lowest BCUT2D eigenvalue weighted by molar-refractivity contribution is 0.304. The fourth-order valence-electron chi connectivity index (χ4n) is 1.40. The molecule has 0 saturated heterocycles. The highest BCUT2D eigenvalue weighted by Crippen LogP contribution is 2.16. The molecule has 2 nitrogen and oxygen atoms in total. The zero-order chi connectivity index (χ0) is 12.5. The van der Waals surface area contributed by atoms with Gasteiger partial charge in [-0.15, -0.1) is 0 Å². The number of aliphatic hydroxyl groups is 1. The molecule has 1 aromatic carbocycles. The highest BCUT2D eigenvalue weighted by molar-refractivity contribution is 5.40. The van der Waals surface area contributed by atoms with Crippen LogP contribution in [0.15, 0.2) is 18.2 Å². The summed E-state index contributed by atoms with van der Waals surface area (Å²) in [6.45, 7) is 2.47. The van der Waals surface area contributed by atoms with Gasteiger partial charge in [-0.05, 0) is 18.6 Å². The Bertz CT molecular complexity index is 404. The Hall–Kier alpha value is -1.53. The lowest BCUT2D eigenvalue weighted by Gasteiger charge is -2.06. The largest absolute Gasteiger partial charge is 0.493 e. The molecule has 0 fully saturated rings. The van der Waals surface area contributed by atoms with Crippen molar-refractivity contribution in [2.75, 3.05) is 13.2 Å². The number of rotatable bonds is 5. The van der Waals surface area contributed by atoms with Gasteiger partial charge in [0.2, 0.25) is 0 Å². The molecular formula is C14H17FO2. The molecule has 92 valence electrons. The Balaban J connectivity index is 2.62. The third-order valence-corrected chi connectivity index (χ3v) is 2.20. The zero-order valence-electron chi connectivity index (χ0n) is 10.0. The van der Waals surface area contributed by atoms with Crippen LogP contribution in [0.5, 0.6) is 5.75 Å². The molecule has 0 aliphatic heterocycles. The number of ether oxygens (including phenoxy) is 1. The molecule has 0 spiro atoms. The van der Waals surface area contributed by atoms with Gasteiger partial charge in [-0.1, -0.05) is 31.6 Å². The molecular weight excluding hydrogens is 219 g/mol. The van der Waals surface area contributed by atoms with E-state index in [-0.39, 0.29) is 12.4 Å². The predicted molar refractivity (Wildman–Crippen MR) is 65.4 cm³/mol. The number of unbranched alkanes of at least 4 members (excludes halogenated alkanes) is 2. The third-order valence-electron chi connectivity index (χ3n) is 2.20. The maximum absolute atomic E-state index is 13.2. The van der Waals surface area contributed by atoms with Crippen molar-refractivity contribution in [3.63, 3.8) is 0 Å². The number of aliphatic hydroxyl groups excluding tert-OH is 1. The van der Waals surface area contributed by atoms with E-state index >= 15 is 0 Å². The summed E-state index contributed by atoms with van der Waals surface area (Å²) < 4.78 is 18.7. The highest BCUT2D eigenvalue weighted by atomic mass is 19.1. The molecule has 1 aromatic rings. The molecule has 0 saturated carbocycles. The lowest BCUT2D eigenvalue weighted by Crippen LogP contribution is -1.97. The molecule has 0 heterocycles. The minimum Gasteiger partial charge on any atom is -0.493 e. The van der Waals surface area contributed by atoms with Crippen molar-refractivity contribution in [2.45, 2.75) is 26.2 Å². The van der Waals surface area contributed by atoms with E-state index in [1.807, 2.05) is 0 Å². The summed E-state index contributed by atoms with van der Waals surface area (Å²) in [6.07, 6.45) is 3.19. The van der Waals surface area contributed by atoms with Crippen LogP contribution in [0.2, 0.25) is 0 Å². The quantitative estimate of drug-likeness (QED) is 0.629. The summed E-state index contributed by atoms with van der Waals surface area (Å²) >= 11 is 0. The smallest absolute Gasteiger partial charge is 0.128 e. The molecule has 0 aromatic heterocycles. The first-order valence-electron chi connectivity index (χ1n) is 5.79. The van der Waals surface area contributed by atoms with E-state index in [1.165, 1.54) is 12.1 Å². The summed E-state index contributed by atoms with van der Waals surface area (Å²) in [5.41, 5.74) is 0.518. The number of benzene rings is 1. The molecule has 0 radical (unpaired) electrons. The summed E-state index contributed by atoms with van der Waals surface area (Å²) in [7, 11) is 0. The first kappa shape index (κ1) is 13.5. The molecule has 0 bridgehead atoms. The van der Waals surface area contributed by atoms with Gasteiger partial charge in [0.1, 0.15) is 18.2 Å². The van der Waals surface area contributed by atoms with Crippen LogP contribution in [0.4, 0.5) is 4.39 Å². The van der Waals surface area contributed by atoms with Crippen molar-refractivity contribution in [3.8, 4) is 17.6 Å². The molecule has 0 aliphatic rings. The monoisotopic (exact) mass is 236 g/mol. The van der Waals surface area contributed by atoms with Crippen LogP contribution in [-0.2, 0) is 0 Å². The van der Waals surface area contributed by atoms with Gasteiger partial charge in [0.15, 0.2) is 0 Å². The molecule has 1 N–H and O–H groups in total. The van der Waals surface area contributed by atoms with Crippen LogP contribution >= 0.6 is 0 Å². The second-order valence-corrected chi connectivity index (χ2v) is 3.69. The Kier molecular flexibility index (Phi) is 6.13. The average molecular weight is 236 g/mol. The Morgan fingerprint density at radius 3 is 2.82 bits per heavy atom. The maximum atomic E-state index is 13.2. The number of halogens is 1. The Morgan fingerprint density at radius 2 is 2.12 bits per heavy atom. The van der Waals surface area contributed by atoms with E-state index in [0.717, 1.165) is 19.3 Å². The topological polar surface area (TPSA) is 29.5 Å². The molecule has 1 rings (SSSR count). The molecule has 0 unspecified atom stereocenters. The molecule has 0 amide bonds. The summed E-state index contributed by atoms with van der Waals surface area (Å²) in [5, 5.41) is 8.57. The normalized spacial score (nSPS) is 9.59. The highest BCUT2D eigenvalue weighted by Gasteiger charge is 2.00. The first-order chi connectivity index (χ1) is 8.26. The van der Waals surface area contributed by atoms with Gasteiger partial charge in [-0.3, -0.25) is 0 Å². The van der Waals surface area contributed by atoms with Crippen molar-refractivity contribution in [1.29, 1.82) is 0 Å².